The smallest absolute Gasteiger partial charge is 0.140 e. The van der Waals surface area contributed by atoms with Crippen molar-refractivity contribution < 1.29 is 5.11 Å². The third-order valence-corrected chi connectivity index (χ3v) is 3.41. The van der Waals surface area contributed by atoms with E-state index in [-0.39, 0.29) is 4.83 Å². The first-order valence-electron chi connectivity index (χ1n) is 4.26. The molecule has 2 atom stereocenters. The molecule has 1 aliphatic heterocycles. The van der Waals surface area contributed by atoms with E-state index in [1.54, 1.807) is 6.07 Å². The monoisotopic (exact) mass is 273 g/mol. The van der Waals surface area contributed by atoms with Crippen molar-refractivity contribution in [2.24, 2.45) is 4.99 Å². The quantitative estimate of drug-likeness (QED) is 0.785. The largest absolute Gasteiger partial charge is 0.378 e. The van der Waals surface area contributed by atoms with Crippen molar-refractivity contribution in [2.75, 3.05) is 0 Å². The molecule has 2 rings (SSSR count). The Balaban J connectivity index is 2.63. The van der Waals surface area contributed by atoms with Crippen molar-refractivity contribution in [3.8, 4) is 0 Å². The molecule has 2 nitrogen and oxygen atoms in total. The van der Waals surface area contributed by atoms with Crippen molar-refractivity contribution in [3.05, 3.63) is 28.8 Å². The second kappa shape index (κ2) is 3.33. The van der Waals surface area contributed by atoms with Crippen LogP contribution in [0.3, 0.4) is 0 Å². The molecule has 2 unspecified atom stereocenters. The highest BCUT2D eigenvalue weighted by Gasteiger charge is 2.39. The maximum atomic E-state index is 10.3. The molecular formula is C10H9BrClNO. The summed E-state index contributed by atoms with van der Waals surface area (Å²) in [6, 6.07) is 5.42. The zero-order valence-corrected chi connectivity index (χ0v) is 9.88. The van der Waals surface area contributed by atoms with Gasteiger partial charge in [0.15, 0.2) is 0 Å². The summed E-state index contributed by atoms with van der Waals surface area (Å²) in [5.41, 5.74) is 0.338. The normalized spacial score (nSPS) is 26.3. The zero-order chi connectivity index (χ0) is 10.3. The van der Waals surface area contributed by atoms with Gasteiger partial charge >= 0.3 is 0 Å². The van der Waals surface area contributed by atoms with E-state index in [9.17, 15) is 5.11 Å². The number of aliphatic hydroxyl groups is 1. The molecule has 1 aliphatic rings. The number of hydrogen-bond acceptors (Lipinski definition) is 2. The summed E-state index contributed by atoms with van der Waals surface area (Å²) in [5.74, 6) is 0. The molecule has 0 aromatic heterocycles. The Kier molecular flexibility index (Phi) is 2.41. The predicted molar refractivity (Wildman–Crippen MR) is 61.9 cm³/mol. The molecule has 0 fully saturated rings. The summed E-state index contributed by atoms with van der Waals surface area (Å²) in [5, 5.41) is 10.9. The van der Waals surface area contributed by atoms with Crippen LogP contribution in [0.5, 0.6) is 0 Å². The highest BCUT2D eigenvalue weighted by atomic mass is 79.9. The molecule has 4 heteroatoms. The summed E-state index contributed by atoms with van der Waals surface area (Å²) >= 11 is 9.40. The van der Waals surface area contributed by atoms with Crippen LogP contribution >= 0.6 is 27.5 Å². The number of rotatable bonds is 1. The van der Waals surface area contributed by atoms with Gasteiger partial charge in [0.25, 0.3) is 0 Å². The van der Waals surface area contributed by atoms with Crippen LogP contribution in [0.4, 0.5) is 5.69 Å². The predicted octanol–water partition coefficient (Wildman–Crippen LogP) is 3.03. The Bertz CT molecular complexity index is 405. The van der Waals surface area contributed by atoms with Crippen LogP contribution in [0, 0.1) is 0 Å². The van der Waals surface area contributed by atoms with E-state index in [1.165, 1.54) is 6.21 Å². The Morgan fingerprint density at radius 1 is 1.57 bits per heavy atom. The summed E-state index contributed by atoms with van der Waals surface area (Å²) in [6.45, 7) is 1.87. The van der Waals surface area contributed by atoms with Crippen molar-refractivity contribution in [3.63, 3.8) is 0 Å². The highest BCUT2D eigenvalue weighted by Crippen LogP contribution is 2.43. The van der Waals surface area contributed by atoms with Crippen LogP contribution in [0.25, 0.3) is 0 Å². The fourth-order valence-electron chi connectivity index (χ4n) is 1.55. The van der Waals surface area contributed by atoms with E-state index in [1.807, 2.05) is 19.1 Å². The van der Waals surface area contributed by atoms with Crippen molar-refractivity contribution in [2.45, 2.75) is 17.4 Å². The van der Waals surface area contributed by atoms with Crippen LogP contribution < -0.4 is 0 Å². The minimum absolute atomic E-state index is 0.125. The third kappa shape index (κ3) is 1.31. The molecule has 74 valence electrons. The third-order valence-electron chi connectivity index (χ3n) is 2.40. The summed E-state index contributed by atoms with van der Waals surface area (Å²) in [4.78, 5) is 4.02. The SMILES string of the molecule is CC(Br)C1(O)C=Nc2cccc(Cl)c21. The van der Waals surface area contributed by atoms with Gasteiger partial charge in [-0.05, 0) is 19.1 Å². The molecule has 1 N–H and O–H groups in total. The molecule has 0 bridgehead atoms. The standard InChI is InChI=1S/C10H9BrClNO/c1-6(11)10(14)5-13-8-4-2-3-7(12)9(8)10/h2-6,14H,1H3. The average molecular weight is 275 g/mol. The minimum Gasteiger partial charge on any atom is -0.378 e. The van der Waals surface area contributed by atoms with Gasteiger partial charge in [0.2, 0.25) is 0 Å². The lowest BCUT2D eigenvalue weighted by molar-refractivity contribution is 0.124. The van der Waals surface area contributed by atoms with Crippen LogP contribution in [0.2, 0.25) is 5.02 Å². The summed E-state index contributed by atoms with van der Waals surface area (Å²) < 4.78 is 0. The number of nitrogens with zero attached hydrogens (tertiary/aromatic N) is 1. The zero-order valence-electron chi connectivity index (χ0n) is 7.54. The second-order valence-electron chi connectivity index (χ2n) is 3.33. The van der Waals surface area contributed by atoms with Crippen LogP contribution in [0.15, 0.2) is 23.2 Å². The van der Waals surface area contributed by atoms with Gasteiger partial charge in [-0.1, -0.05) is 33.6 Å². The van der Waals surface area contributed by atoms with Gasteiger partial charge in [-0.15, -0.1) is 0 Å². The van der Waals surface area contributed by atoms with Gasteiger partial charge < -0.3 is 5.11 Å². The van der Waals surface area contributed by atoms with Crippen molar-refractivity contribution in [1.82, 2.24) is 0 Å². The fourth-order valence-corrected chi connectivity index (χ4v) is 2.22. The highest BCUT2D eigenvalue weighted by molar-refractivity contribution is 9.09. The van der Waals surface area contributed by atoms with Gasteiger partial charge in [-0.25, -0.2) is 0 Å². The van der Waals surface area contributed by atoms with Gasteiger partial charge in [-0.2, -0.15) is 0 Å². The molecular weight excluding hydrogens is 265 g/mol. The second-order valence-corrected chi connectivity index (χ2v) is 5.11. The average Bonchev–Trinajstić information content (AvgIpc) is 2.47. The fraction of sp³-hybridized carbons (Fsp3) is 0.300. The molecule has 14 heavy (non-hydrogen) atoms. The van der Waals surface area contributed by atoms with Crippen molar-refractivity contribution in [1.29, 1.82) is 0 Å². The number of aliphatic imine (C=N–C) groups is 1. The van der Waals surface area contributed by atoms with E-state index in [0.29, 0.717) is 10.6 Å². The number of benzene rings is 1. The van der Waals surface area contributed by atoms with Crippen LogP contribution in [0.1, 0.15) is 12.5 Å². The van der Waals surface area contributed by atoms with Crippen LogP contribution in [-0.4, -0.2) is 16.1 Å². The van der Waals surface area contributed by atoms with E-state index in [2.05, 4.69) is 20.9 Å². The Labute approximate surface area is 95.7 Å². The lowest BCUT2D eigenvalue weighted by atomic mass is 9.93. The minimum atomic E-state index is -1.09. The number of alkyl halides is 1. The molecule has 1 aromatic carbocycles. The van der Waals surface area contributed by atoms with Gasteiger partial charge in [0, 0.05) is 16.8 Å². The van der Waals surface area contributed by atoms with Crippen molar-refractivity contribution >= 4 is 39.4 Å². The molecule has 0 amide bonds. The topological polar surface area (TPSA) is 32.6 Å². The molecule has 0 radical (unpaired) electrons. The Morgan fingerprint density at radius 2 is 2.29 bits per heavy atom. The summed E-state index contributed by atoms with van der Waals surface area (Å²) in [6.07, 6.45) is 1.53. The van der Waals surface area contributed by atoms with E-state index >= 15 is 0 Å². The molecule has 0 saturated heterocycles. The number of fused-ring (bicyclic) bond motifs is 1. The Morgan fingerprint density at radius 3 is 2.93 bits per heavy atom. The first-order valence-corrected chi connectivity index (χ1v) is 5.55. The first kappa shape index (κ1) is 10.1. The lowest BCUT2D eigenvalue weighted by Gasteiger charge is -2.24. The maximum absolute atomic E-state index is 10.3. The van der Waals surface area contributed by atoms with Gasteiger partial charge in [0.05, 0.1) is 10.5 Å². The molecule has 0 spiro atoms. The van der Waals surface area contributed by atoms with Crippen LogP contribution in [-0.2, 0) is 5.60 Å². The van der Waals surface area contributed by atoms with Gasteiger partial charge in [0.1, 0.15) is 5.60 Å². The van der Waals surface area contributed by atoms with E-state index in [0.717, 1.165) is 5.69 Å². The first-order chi connectivity index (χ1) is 6.55. The van der Waals surface area contributed by atoms with Gasteiger partial charge in [-0.3, -0.25) is 4.99 Å². The molecule has 1 aromatic rings. The number of hydrogen-bond donors (Lipinski definition) is 1. The molecule has 0 aliphatic carbocycles. The lowest BCUT2D eigenvalue weighted by Crippen LogP contribution is -2.33. The maximum Gasteiger partial charge on any atom is 0.140 e. The summed E-state index contributed by atoms with van der Waals surface area (Å²) in [7, 11) is 0. The molecule has 0 saturated carbocycles. The Hall–Kier alpha value is -0.380. The molecule has 1 heterocycles. The number of halogens is 2. The van der Waals surface area contributed by atoms with E-state index in [4.69, 9.17) is 11.6 Å². The van der Waals surface area contributed by atoms with E-state index < -0.39 is 5.60 Å².